The van der Waals surface area contributed by atoms with Crippen molar-refractivity contribution in [3.8, 4) is 0 Å². The first kappa shape index (κ1) is 6.51. The smallest absolute Gasteiger partial charge is 0.334 e. The molecule has 1 fully saturated rings. The van der Waals surface area contributed by atoms with Crippen molar-refractivity contribution in [2.24, 2.45) is 5.73 Å². The summed E-state index contributed by atoms with van der Waals surface area (Å²) in [6.07, 6.45) is -0.154. The van der Waals surface area contributed by atoms with Gasteiger partial charge in [0.15, 0.2) is 6.10 Å². The molecule has 1 saturated carbocycles. The third-order valence-corrected chi connectivity index (χ3v) is 1.61. The molecule has 52 valence electrons. The van der Waals surface area contributed by atoms with Crippen LogP contribution in [-0.4, -0.2) is 27.8 Å². The molecule has 0 aromatic rings. The Kier molecular flexibility index (Phi) is 1.22. The molecule has 0 amide bonds. The van der Waals surface area contributed by atoms with Crippen LogP contribution < -0.4 is 5.73 Å². The zero-order chi connectivity index (χ0) is 7.07. The monoisotopic (exact) mass is 131 g/mol. The summed E-state index contributed by atoms with van der Waals surface area (Å²) in [6.45, 7) is 0. The first-order chi connectivity index (χ1) is 4.06. The normalized spacial score (nSPS) is 25.1. The third-order valence-electron chi connectivity index (χ3n) is 1.61. The molecule has 0 aromatic carbocycles. The van der Waals surface area contributed by atoms with E-state index >= 15 is 0 Å². The van der Waals surface area contributed by atoms with E-state index in [1.54, 1.807) is 0 Å². The number of aliphatic hydroxyl groups is 1. The van der Waals surface area contributed by atoms with Crippen molar-refractivity contribution in [3.63, 3.8) is 0 Å². The molecule has 0 heterocycles. The maximum absolute atomic E-state index is 10.1. The predicted octanol–water partition coefficient (Wildman–Crippen LogP) is -1.08. The molecular formula is C5H9NO3. The molecule has 0 spiro atoms. The Morgan fingerprint density at radius 2 is 2.11 bits per heavy atom. The van der Waals surface area contributed by atoms with Crippen LogP contribution in [-0.2, 0) is 4.79 Å². The number of aliphatic carboxylic acids is 1. The van der Waals surface area contributed by atoms with Gasteiger partial charge in [-0.2, -0.15) is 0 Å². The van der Waals surface area contributed by atoms with Crippen molar-refractivity contribution in [3.05, 3.63) is 0 Å². The van der Waals surface area contributed by atoms with Gasteiger partial charge in [0.25, 0.3) is 0 Å². The van der Waals surface area contributed by atoms with Gasteiger partial charge in [0.1, 0.15) is 0 Å². The SMILES string of the molecule is NC1(C(O)C(=O)O)CC1. The van der Waals surface area contributed by atoms with Crippen LogP contribution in [0.2, 0.25) is 0 Å². The minimum absolute atomic E-state index is 0.612. The summed E-state index contributed by atoms with van der Waals surface area (Å²) in [4.78, 5) is 10.1. The lowest BCUT2D eigenvalue weighted by molar-refractivity contribution is -0.148. The molecule has 9 heavy (non-hydrogen) atoms. The van der Waals surface area contributed by atoms with Crippen LogP contribution in [0.15, 0.2) is 0 Å². The standard InChI is InChI=1S/C5H9NO3/c6-5(1-2-5)3(7)4(8)9/h3,7H,1-2,6H2,(H,8,9). The van der Waals surface area contributed by atoms with E-state index in [-0.39, 0.29) is 0 Å². The number of carboxylic acids is 1. The molecule has 4 nitrogen and oxygen atoms in total. The Bertz CT molecular complexity index is 141. The molecule has 1 aliphatic carbocycles. The lowest BCUT2D eigenvalue weighted by Crippen LogP contribution is -2.42. The van der Waals surface area contributed by atoms with E-state index in [9.17, 15) is 4.79 Å². The van der Waals surface area contributed by atoms with Crippen LogP contribution in [0.25, 0.3) is 0 Å². The molecule has 0 aromatic heterocycles. The van der Waals surface area contributed by atoms with Crippen molar-refractivity contribution >= 4 is 5.97 Å². The largest absolute Gasteiger partial charge is 0.479 e. The summed E-state index contributed by atoms with van der Waals surface area (Å²) in [6, 6.07) is 0. The zero-order valence-corrected chi connectivity index (χ0v) is 4.87. The van der Waals surface area contributed by atoms with E-state index in [0.29, 0.717) is 12.8 Å². The fraction of sp³-hybridized carbons (Fsp3) is 0.800. The highest BCUT2D eigenvalue weighted by atomic mass is 16.4. The molecule has 0 bridgehead atoms. The topological polar surface area (TPSA) is 83.5 Å². The summed E-state index contributed by atoms with van der Waals surface area (Å²) < 4.78 is 0. The average molecular weight is 131 g/mol. The van der Waals surface area contributed by atoms with Crippen LogP contribution in [0.3, 0.4) is 0 Å². The highest BCUT2D eigenvalue weighted by molar-refractivity contribution is 5.74. The highest BCUT2D eigenvalue weighted by Gasteiger charge is 2.48. The van der Waals surface area contributed by atoms with Gasteiger partial charge in [-0.15, -0.1) is 0 Å². The Balaban J connectivity index is 2.52. The molecular weight excluding hydrogens is 122 g/mol. The van der Waals surface area contributed by atoms with Gasteiger partial charge in [-0.3, -0.25) is 0 Å². The van der Waals surface area contributed by atoms with Gasteiger partial charge in [0.2, 0.25) is 0 Å². The van der Waals surface area contributed by atoms with Crippen LogP contribution in [0, 0.1) is 0 Å². The number of aliphatic hydroxyl groups excluding tert-OH is 1. The van der Waals surface area contributed by atoms with Gasteiger partial charge in [0.05, 0.1) is 5.54 Å². The summed E-state index contributed by atoms with van der Waals surface area (Å²) >= 11 is 0. The third kappa shape index (κ3) is 1.04. The number of carboxylic acid groups (broad SMARTS) is 1. The van der Waals surface area contributed by atoms with Gasteiger partial charge in [-0.05, 0) is 12.8 Å². The molecule has 1 atom stereocenters. The summed E-state index contributed by atoms with van der Waals surface area (Å²) in [5.74, 6) is -1.23. The second-order valence-electron chi connectivity index (χ2n) is 2.47. The summed E-state index contributed by atoms with van der Waals surface area (Å²) in [7, 11) is 0. The predicted molar refractivity (Wildman–Crippen MR) is 29.8 cm³/mol. The number of nitrogens with two attached hydrogens (primary N) is 1. The van der Waals surface area contributed by atoms with Crippen LogP contribution >= 0.6 is 0 Å². The van der Waals surface area contributed by atoms with Gasteiger partial charge in [-0.25, -0.2) is 4.79 Å². The van der Waals surface area contributed by atoms with Crippen molar-refractivity contribution in [1.29, 1.82) is 0 Å². The van der Waals surface area contributed by atoms with Crippen molar-refractivity contribution in [2.75, 3.05) is 0 Å². The Labute approximate surface area is 52.3 Å². The van der Waals surface area contributed by atoms with Gasteiger partial charge in [-0.1, -0.05) is 0 Å². The summed E-state index contributed by atoms with van der Waals surface area (Å²) in [5.41, 5.74) is 4.55. The van der Waals surface area contributed by atoms with E-state index in [1.807, 2.05) is 0 Å². The van der Waals surface area contributed by atoms with E-state index in [4.69, 9.17) is 15.9 Å². The summed E-state index contributed by atoms with van der Waals surface area (Å²) in [5, 5.41) is 17.0. The molecule has 4 N–H and O–H groups in total. The Morgan fingerprint density at radius 1 is 1.67 bits per heavy atom. The average Bonchev–Trinajstić information content (AvgIpc) is 2.47. The Morgan fingerprint density at radius 3 is 2.22 bits per heavy atom. The molecule has 1 rings (SSSR count). The zero-order valence-electron chi connectivity index (χ0n) is 4.87. The molecule has 1 aliphatic rings. The second-order valence-corrected chi connectivity index (χ2v) is 2.47. The molecule has 0 saturated heterocycles. The quantitative estimate of drug-likeness (QED) is 0.445. The number of hydrogen-bond donors (Lipinski definition) is 3. The van der Waals surface area contributed by atoms with Crippen molar-refractivity contribution in [2.45, 2.75) is 24.5 Å². The Hall–Kier alpha value is -0.610. The van der Waals surface area contributed by atoms with Gasteiger partial charge >= 0.3 is 5.97 Å². The van der Waals surface area contributed by atoms with Crippen LogP contribution in [0.4, 0.5) is 0 Å². The van der Waals surface area contributed by atoms with Gasteiger partial charge < -0.3 is 15.9 Å². The minimum Gasteiger partial charge on any atom is -0.479 e. The lowest BCUT2D eigenvalue weighted by atomic mass is 10.1. The molecule has 1 unspecified atom stereocenters. The van der Waals surface area contributed by atoms with Crippen molar-refractivity contribution in [1.82, 2.24) is 0 Å². The molecule has 4 heteroatoms. The van der Waals surface area contributed by atoms with E-state index in [2.05, 4.69) is 0 Å². The van der Waals surface area contributed by atoms with E-state index in [1.165, 1.54) is 0 Å². The van der Waals surface area contributed by atoms with Crippen LogP contribution in [0.5, 0.6) is 0 Å². The fourth-order valence-electron chi connectivity index (χ4n) is 0.664. The minimum atomic E-state index is -1.38. The molecule has 0 aliphatic heterocycles. The van der Waals surface area contributed by atoms with Gasteiger partial charge in [0, 0.05) is 0 Å². The second kappa shape index (κ2) is 1.68. The number of carbonyl (C=O) groups is 1. The number of hydrogen-bond acceptors (Lipinski definition) is 3. The van der Waals surface area contributed by atoms with E-state index in [0.717, 1.165) is 0 Å². The van der Waals surface area contributed by atoms with Crippen LogP contribution in [0.1, 0.15) is 12.8 Å². The highest BCUT2D eigenvalue weighted by Crippen LogP contribution is 2.35. The van der Waals surface area contributed by atoms with E-state index < -0.39 is 17.6 Å². The first-order valence-electron chi connectivity index (χ1n) is 2.76. The lowest BCUT2D eigenvalue weighted by Gasteiger charge is -2.11. The first-order valence-corrected chi connectivity index (χ1v) is 2.76. The van der Waals surface area contributed by atoms with Crippen molar-refractivity contribution < 1.29 is 15.0 Å². The maximum atomic E-state index is 10.1. The fourth-order valence-corrected chi connectivity index (χ4v) is 0.664. The number of rotatable bonds is 2. The molecule has 0 radical (unpaired) electrons. The maximum Gasteiger partial charge on any atom is 0.334 e.